The van der Waals surface area contributed by atoms with Gasteiger partial charge in [-0.2, -0.15) is 0 Å². The van der Waals surface area contributed by atoms with Gasteiger partial charge in [0.05, 0.1) is 18.8 Å². The number of hydrogen-bond acceptors (Lipinski definition) is 4. The Morgan fingerprint density at radius 1 is 1.12 bits per heavy atom. The third-order valence-electron chi connectivity index (χ3n) is 5.07. The summed E-state index contributed by atoms with van der Waals surface area (Å²) in [5.74, 6) is 0.830. The summed E-state index contributed by atoms with van der Waals surface area (Å²) in [6.45, 7) is 9.40. The molecule has 2 N–H and O–H groups in total. The second kappa shape index (κ2) is 13.4. The first-order chi connectivity index (χ1) is 15.0. The molecular weight excluding hydrogens is 517 g/mol. The Hall–Kier alpha value is -2.20. The molecule has 0 saturated carbocycles. The number of carbonyl (C=O) groups excluding carboxylic acids is 1. The number of pyridine rings is 1. The van der Waals surface area contributed by atoms with Gasteiger partial charge in [0, 0.05) is 50.1 Å². The van der Waals surface area contributed by atoms with Crippen molar-refractivity contribution in [3.05, 3.63) is 65.5 Å². The molecular formula is C24H34IN5O2. The number of hydrogen-bond donors (Lipinski definition) is 2. The van der Waals surface area contributed by atoms with Crippen LogP contribution in [0.1, 0.15) is 42.4 Å². The molecule has 1 aromatic heterocycles. The molecule has 3 rings (SSSR count). The number of carbonyl (C=O) groups is 1. The van der Waals surface area contributed by atoms with Gasteiger partial charge in [-0.3, -0.25) is 9.78 Å². The fourth-order valence-corrected chi connectivity index (χ4v) is 3.65. The van der Waals surface area contributed by atoms with Crippen molar-refractivity contribution in [1.82, 2.24) is 20.5 Å². The van der Waals surface area contributed by atoms with Crippen molar-refractivity contribution in [3.8, 4) is 0 Å². The second-order valence-corrected chi connectivity index (χ2v) is 7.86. The van der Waals surface area contributed by atoms with Gasteiger partial charge in [-0.15, -0.1) is 24.0 Å². The largest absolute Gasteiger partial charge is 0.372 e. The van der Waals surface area contributed by atoms with E-state index in [1.165, 1.54) is 0 Å². The molecule has 1 aliphatic heterocycles. The molecule has 7 nitrogen and oxygen atoms in total. The van der Waals surface area contributed by atoms with E-state index in [0.29, 0.717) is 25.2 Å². The van der Waals surface area contributed by atoms with Crippen molar-refractivity contribution in [2.24, 2.45) is 4.99 Å². The number of rotatable bonds is 7. The molecule has 1 saturated heterocycles. The van der Waals surface area contributed by atoms with Crippen LogP contribution in [-0.4, -0.2) is 60.1 Å². The van der Waals surface area contributed by atoms with Crippen LogP contribution < -0.4 is 10.6 Å². The van der Waals surface area contributed by atoms with Crippen LogP contribution in [0.5, 0.6) is 0 Å². The molecule has 2 heterocycles. The number of benzene rings is 1. The van der Waals surface area contributed by atoms with Crippen LogP contribution in [0.2, 0.25) is 0 Å². The number of halogens is 1. The fourth-order valence-electron chi connectivity index (χ4n) is 3.65. The first-order valence-corrected chi connectivity index (χ1v) is 11.0. The summed E-state index contributed by atoms with van der Waals surface area (Å²) in [4.78, 5) is 23.7. The summed E-state index contributed by atoms with van der Waals surface area (Å²) in [5.41, 5.74) is 2.81. The summed E-state index contributed by atoms with van der Waals surface area (Å²) >= 11 is 0. The molecule has 8 heteroatoms. The van der Waals surface area contributed by atoms with Gasteiger partial charge in [-0.1, -0.05) is 18.2 Å². The maximum Gasteiger partial charge on any atom is 0.254 e. The topological polar surface area (TPSA) is 78.9 Å². The van der Waals surface area contributed by atoms with Gasteiger partial charge < -0.3 is 20.3 Å². The number of morpholine rings is 1. The lowest BCUT2D eigenvalue weighted by atomic mass is 10.1. The van der Waals surface area contributed by atoms with Gasteiger partial charge in [0.2, 0.25) is 0 Å². The lowest BCUT2D eigenvalue weighted by Crippen LogP contribution is -2.48. The summed E-state index contributed by atoms with van der Waals surface area (Å²) in [6, 6.07) is 13.7. The van der Waals surface area contributed by atoms with Gasteiger partial charge in [0.1, 0.15) is 0 Å². The monoisotopic (exact) mass is 551 g/mol. The molecule has 0 bridgehead atoms. The smallest absolute Gasteiger partial charge is 0.254 e. The highest BCUT2D eigenvalue weighted by Crippen LogP contribution is 2.15. The zero-order valence-corrected chi connectivity index (χ0v) is 21.4. The number of ether oxygens (including phenoxy) is 1. The number of nitrogens with zero attached hydrogens (tertiary/aromatic N) is 3. The Bertz CT molecular complexity index is 850. The fraction of sp³-hybridized carbons (Fsp3) is 0.458. The van der Waals surface area contributed by atoms with Crippen molar-refractivity contribution in [2.75, 3.05) is 26.2 Å². The Balaban J connectivity index is 0.00000363. The predicted molar refractivity (Wildman–Crippen MR) is 139 cm³/mol. The number of guanidine groups is 1. The standard InChI is InChI=1S/C24H33N5O2.HI/c1-4-25-24(27-14-12-22-7-5-6-13-26-22)28-15-20-8-10-21(11-9-20)23(30)29-16-18(2)31-19(3)17-29;/h5-11,13,18-19H,4,12,14-17H2,1-3H3,(H2,25,27,28);1H. The maximum atomic E-state index is 12.8. The molecule has 1 amide bonds. The first kappa shape index (κ1) is 26.1. The summed E-state index contributed by atoms with van der Waals surface area (Å²) in [7, 11) is 0. The third kappa shape index (κ3) is 8.05. The van der Waals surface area contributed by atoms with Crippen LogP contribution in [0, 0.1) is 0 Å². The van der Waals surface area contributed by atoms with Gasteiger partial charge in [-0.25, -0.2) is 4.99 Å². The van der Waals surface area contributed by atoms with Crippen LogP contribution in [-0.2, 0) is 17.7 Å². The highest BCUT2D eigenvalue weighted by molar-refractivity contribution is 14.0. The average Bonchev–Trinajstić information content (AvgIpc) is 2.77. The summed E-state index contributed by atoms with van der Waals surface area (Å²) < 4.78 is 5.72. The predicted octanol–water partition coefficient (Wildman–Crippen LogP) is 3.25. The van der Waals surface area contributed by atoms with E-state index in [9.17, 15) is 4.79 Å². The van der Waals surface area contributed by atoms with E-state index in [1.54, 1.807) is 0 Å². The van der Waals surface area contributed by atoms with E-state index < -0.39 is 0 Å². The van der Waals surface area contributed by atoms with Gasteiger partial charge in [-0.05, 0) is 50.6 Å². The molecule has 1 aromatic carbocycles. The van der Waals surface area contributed by atoms with Crippen LogP contribution in [0.4, 0.5) is 0 Å². The van der Waals surface area contributed by atoms with Gasteiger partial charge in [0.15, 0.2) is 5.96 Å². The SMILES string of the molecule is CCNC(=NCc1ccc(C(=O)N2CC(C)OC(C)C2)cc1)NCCc1ccccn1.I. The Morgan fingerprint density at radius 3 is 2.47 bits per heavy atom. The average molecular weight is 551 g/mol. The maximum absolute atomic E-state index is 12.8. The van der Waals surface area contributed by atoms with Crippen LogP contribution in [0.3, 0.4) is 0 Å². The van der Waals surface area contributed by atoms with E-state index in [4.69, 9.17) is 4.74 Å². The minimum atomic E-state index is 0. The molecule has 0 radical (unpaired) electrons. The van der Waals surface area contributed by atoms with E-state index in [2.05, 4.69) is 20.6 Å². The molecule has 174 valence electrons. The summed E-state index contributed by atoms with van der Waals surface area (Å²) in [5, 5.41) is 6.61. The van der Waals surface area contributed by atoms with Gasteiger partial charge in [0.25, 0.3) is 5.91 Å². The van der Waals surface area contributed by atoms with E-state index >= 15 is 0 Å². The second-order valence-electron chi connectivity index (χ2n) is 7.86. The molecule has 2 unspecified atom stereocenters. The van der Waals surface area contributed by atoms with Crippen LogP contribution in [0.25, 0.3) is 0 Å². The molecule has 2 aromatic rings. The number of aliphatic imine (C=N–C) groups is 1. The molecule has 1 fully saturated rings. The lowest BCUT2D eigenvalue weighted by molar-refractivity contribution is -0.0586. The highest BCUT2D eigenvalue weighted by Gasteiger charge is 2.26. The Labute approximate surface area is 208 Å². The quantitative estimate of drug-likeness (QED) is 0.314. The van der Waals surface area contributed by atoms with E-state index in [0.717, 1.165) is 36.7 Å². The lowest BCUT2D eigenvalue weighted by Gasteiger charge is -2.35. The number of nitrogens with one attached hydrogen (secondary N) is 2. The number of amides is 1. The minimum absolute atomic E-state index is 0. The van der Waals surface area contributed by atoms with Crippen molar-refractivity contribution >= 4 is 35.8 Å². The normalized spacial score (nSPS) is 18.6. The Morgan fingerprint density at radius 2 is 1.84 bits per heavy atom. The number of aromatic nitrogens is 1. The highest BCUT2D eigenvalue weighted by atomic mass is 127. The zero-order chi connectivity index (χ0) is 22.1. The molecule has 0 aliphatic carbocycles. The van der Waals surface area contributed by atoms with Crippen LogP contribution >= 0.6 is 24.0 Å². The van der Waals surface area contributed by atoms with Crippen molar-refractivity contribution in [1.29, 1.82) is 0 Å². The molecule has 2 atom stereocenters. The van der Waals surface area contributed by atoms with Crippen molar-refractivity contribution in [2.45, 2.75) is 45.9 Å². The molecule has 0 spiro atoms. The van der Waals surface area contributed by atoms with Crippen molar-refractivity contribution in [3.63, 3.8) is 0 Å². The van der Waals surface area contributed by atoms with Crippen molar-refractivity contribution < 1.29 is 9.53 Å². The van der Waals surface area contributed by atoms with E-state index in [-0.39, 0.29) is 42.1 Å². The summed E-state index contributed by atoms with van der Waals surface area (Å²) in [6.07, 6.45) is 2.77. The zero-order valence-electron chi connectivity index (χ0n) is 19.1. The molecule has 1 aliphatic rings. The third-order valence-corrected chi connectivity index (χ3v) is 5.07. The first-order valence-electron chi connectivity index (χ1n) is 11.0. The van der Waals surface area contributed by atoms with E-state index in [1.807, 2.05) is 74.3 Å². The minimum Gasteiger partial charge on any atom is -0.372 e. The van der Waals surface area contributed by atoms with Crippen LogP contribution in [0.15, 0.2) is 53.7 Å². The Kier molecular flexibility index (Phi) is 10.9. The van der Waals surface area contributed by atoms with Gasteiger partial charge >= 0.3 is 0 Å². The molecule has 32 heavy (non-hydrogen) atoms.